The Morgan fingerprint density at radius 1 is 0.228 bits per heavy atom. The highest BCUT2D eigenvalue weighted by Crippen LogP contribution is 2.51. The first-order chi connectivity index (χ1) is 49.6. The standard InChI is InChI=1S/C88H58F2N2/c89-87-81(57-53-75(67-39-31-63(32-40-67)59-19-7-1-8-20-59)85(87)71-43-35-65(36-44-71)61-23-11-3-12-24-61)91(73-27-15-5-16-28-73)79-55-49-69-48-52-78-80(56-50-70-47-51-77(79)83(69)84(70)78)92(74-29-17-6-18-30-74)82-58-54-76(68-41-33-64(34-42-68)60-21-9-2-10-22-60)86(88(82)90)72-45-37-66(38-46-72)62-25-13-4-14-26-62/h1-58H/i5D,6D,15D,16D,17D,18D,27D,28D,29D,30D. The largest absolute Gasteiger partial charge is 0.307 e. The second kappa shape index (κ2) is 23.8. The minimum atomic E-state index is -0.745. The summed E-state index contributed by atoms with van der Waals surface area (Å²) in [5.41, 5.74) is 11.1. The van der Waals surface area contributed by atoms with Gasteiger partial charge in [0.2, 0.25) is 0 Å². The van der Waals surface area contributed by atoms with Crippen molar-refractivity contribution in [3.8, 4) is 89.0 Å². The summed E-state index contributed by atoms with van der Waals surface area (Å²) >= 11 is 0. The quantitative estimate of drug-likeness (QED) is 0.100. The van der Waals surface area contributed by atoms with Crippen LogP contribution < -0.4 is 9.80 Å². The number of halogens is 2. The Morgan fingerprint density at radius 3 is 0.804 bits per heavy atom. The molecule has 434 valence electrons. The number of para-hydroxylation sites is 2. The zero-order valence-electron chi connectivity index (χ0n) is 59.4. The van der Waals surface area contributed by atoms with E-state index in [2.05, 4.69) is 0 Å². The van der Waals surface area contributed by atoms with E-state index >= 15 is 8.78 Å². The SMILES string of the molecule is [2H]c1c([2H])c([2H])c(N(c2ccc(-c3ccc(-c4ccccc4)cc3)c(-c3ccc(-c4ccccc4)cc3)c2F)c2ccc3ccc4c(N(c5ccc(-c6ccc(-c7ccccc7)cc6)c(-c6ccc(-c7ccccc7)cc6)c5F)c5c([2H])c([2H])c([2H])c([2H])c5[2H])ccc5ccc2c3c54)c([2H])c1[2H]. The fraction of sp³-hybridized carbons (Fsp3) is 0. The molecule has 0 spiro atoms. The van der Waals surface area contributed by atoms with Gasteiger partial charge in [-0.05, 0) is 148 Å². The van der Waals surface area contributed by atoms with Crippen LogP contribution in [0.25, 0.3) is 121 Å². The molecule has 16 aromatic rings. The van der Waals surface area contributed by atoms with Crippen LogP contribution in [0.5, 0.6) is 0 Å². The lowest BCUT2D eigenvalue weighted by atomic mass is 9.90. The normalized spacial score (nSPS) is 12.9. The van der Waals surface area contributed by atoms with Crippen molar-refractivity contribution < 1.29 is 22.5 Å². The van der Waals surface area contributed by atoms with Crippen LogP contribution in [0.1, 0.15) is 13.7 Å². The molecule has 0 amide bonds. The van der Waals surface area contributed by atoms with E-state index in [9.17, 15) is 5.48 Å². The smallest absolute Gasteiger partial charge is 0.155 e. The molecule has 92 heavy (non-hydrogen) atoms. The van der Waals surface area contributed by atoms with Gasteiger partial charge in [-0.2, -0.15) is 0 Å². The highest BCUT2D eigenvalue weighted by molar-refractivity contribution is 6.28. The lowest BCUT2D eigenvalue weighted by molar-refractivity contribution is 0.632. The molecule has 0 N–H and O–H groups in total. The van der Waals surface area contributed by atoms with Crippen LogP contribution >= 0.6 is 0 Å². The first kappa shape index (κ1) is 45.3. The Bertz CT molecular complexity index is 5500. The van der Waals surface area contributed by atoms with Gasteiger partial charge in [0.1, 0.15) is 0 Å². The molecule has 4 heteroatoms. The molecule has 0 radical (unpaired) electrons. The van der Waals surface area contributed by atoms with Gasteiger partial charge >= 0.3 is 0 Å². The molecule has 16 aromatic carbocycles. The van der Waals surface area contributed by atoms with Crippen molar-refractivity contribution in [1.82, 2.24) is 0 Å². The van der Waals surface area contributed by atoms with Crippen molar-refractivity contribution in [3.05, 3.63) is 363 Å². The molecule has 2 nitrogen and oxygen atoms in total. The first-order valence-corrected chi connectivity index (χ1v) is 30.4. The highest BCUT2D eigenvalue weighted by atomic mass is 19.1. The number of hydrogen-bond donors (Lipinski definition) is 0. The third-order valence-electron chi connectivity index (χ3n) is 17.4. The maximum absolute atomic E-state index is 19.3. The van der Waals surface area contributed by atoms with Crippen LogP contribution in [0.4, 0.5) is 42.9 Å². The van der Waals surface area contributed by atoms with Crippen LogP contribution in [0, 0.1) is 11.6 Å². The van der Waals surface area contributed by atoms with Gasteiger partial charge in [-0.25, -0.2) is 8.78 Å². The maximum atomic E-state index is 19.3. The Balaban J connectivity index is 0.929. The van der Waals surface area contributed by atoms with Gasteiger partial charge < -0.3 is 9.80 Å². The second-order valence-electron chi connectivity index (χ2n) is 22.6. The van der Waals surface area contributed by atoms with Crippen molar-refractivity contribution in [3.63, 3.8) is 0 Å². The number of anilines is 6. The summed E-state index contributed by atoms with van der Waals surface area (Å²) in [4.78, 5) is 2.82. The zero-order chi connectivity index (χ0) is 70.2. The van der Waals surface area contributed by atoms with E-state index in [1.165, 1.54) is 9.80 Å². The van der Waals surface area contributed by atoms with E-state index in [-0.39, 0.29) is 45.3 Å². The average molecular weight is 1190 g/mol. The number of hydrogen-bond acceptors (Lipinski definition) is 2. The van der Waals surface area contributed by atoms with Gasteiger partial charge in [-0.3, -0.25) is 0 Å². The van der Waals surface area contributed by atoms with Crippen LogP contribution in [0.2, 0.25) is 0 Å². The average Bonchev–Trinajstić information content (AvgIpc) is 0.715. The lowest BCUT2D eigenvalue weighted by Crippen LogP contribution is -2.14. The molecule has 0 aliphatic carbocycles. The molecule has 0 aliphatic rings. The van der Waals surface area contributed by atoms with E-state index < -0.39 is 72.1 Å². The van der Waals surface area contributed by atoms with Crippen molar-refractivity contribution in [1.29, 1.82) is 0 Å². The van der Waals surface area contributed by atoms with E-state index in [1.54, 1.807) is 36.4 Å². The highest BCUT2D eigenvalue weighted by Gasteiger charge is 2.28. The van der Waals surface area contributed by atoms with Gasteiger partial charge in [0, 0.05) is 33.3 Å². The zero-order valence-corrected chi connectivity index (χ0v) is 49.4. The van der Waals surface area contributed by atoms with Crippen LogP contribution in [0.15, 0.2) is 352 Å². The van der Waals surface area contributed by atoms with E-state index in [0.717, 1.165) is 44.5 Å². The minimum Gasteiger partial charge on any atom is -0.307 e. The summed E-state index contributed by atoms with van der Waals surface area (Å²) in [5, 5.41) is 3.47. The van der Waals surface area contributed by atoms with E-state index in [0.29, 0.717) is 65.7 Å². The Hall–Kier alpha value is -12.0. The predicted molar refractivity (Wildman–Crippen MR) is 383 cm³/mol. The molecule has 0 bridgehead atoms. The molecule has 0 aliphatic heterocycles. The molecular weight excluding hydrogens is 1120 g/mol. The molecule has 0 saturated carbocycles. The van der Waals surface area contributed by atoms with Gasteiger partial charge in [-0.15, -0.1) is 0 Å². The fourth-order valence-electron chi connectivity index (χ4n) is 13.0. The van der Waals surface area contributed by atoms with Crippen LogP contribution in [0.3, 0.4) is 0 Å². The Morgan fingerprint density at radius 2 is 0.489 bits per heavy atom. The fourth-order valence-corrected chi connectivity index (χ4v) is 13.0. The molecule has 0 aromatic heterocycles. The first-order valence-electron chi connectivity index (χ1n) is 35.4. The lowest BCUT2D eigenvalue weighted by Gasteiger charge is -2.30. The van der Waals surface area contributed by atoms with E-state index in [1.807, 2.05) is 255 Å². The monoisotopic (exact) mass is 1190 g/mol. The van der Waals surface area contributed by atoms with Gasteiger partial charge in [0.25, 0.3) is 0 Å². The molecule has 0 atom stereocenters. The molecular formula is C88H58F2N2. The molecule has 16 rings (SSSR count). The van der Waals surface area contributed by atoms with Crippen molar-refractivity contribution in [2.75, 3.05) is 9.80 Å². The summed E-state index contributed by atoms with van der Waals surface area (Å²) in [7, 11) is 0. The third kappa shape index (κ3) is 10.1. The van der Waals surface area contributed by atoms with Gasteiger partial charge in [0.05, 0.1) is 36.5 Å². The number of rotatable bonds is 14. The van der Waals surface area contributed by atoms with Gasteiger partial charge in [-0.1, -0.05) is 303 Å². The van der Waals surface area contributed by atoms with Crippen LogP contribution in [-0.4, -0.2) is 0 Å². The summed E-state index contributed by atoms with van der Waals surface area (Å²) in [5.74, 6) is -1.49. The Kier molecular flexibility index (Phi) is 11.7. The minimum absolute atomic E-state index is 0.125. The summed E-state index contributed by atoms with van der Waals surface area (Å²) in [6.45, 7) is 0. The molecule has 0 saturated heterocycles. The van der Waals surface area contributed by atoms with Crippen molar-refractivity contribution in [2.45, 2.75) is 0 Å². The van der Waals surface area contributed by atoms with Crippen molar-refractivity contribution >= 4 is 66.4 Å². The summed E-state index contributed by atoms with van der Waals surface area (Å²) < 4.78 is 131. The summed E-state index contributed by atoms with van der Waals surface area (Å²) in [6, 6.07) is 85.6. The third-order valence-corrected chi connectivity index (χ3v) is 17.4. The van der Waals surface area contributed by atoms with Crippen LogP contribution in [-0.2, 0) is 0 Å². The molecule has 0 heterocycles. The van der Waals surface area contributed by atoms with Gasteiger partial charge in [0.15, 0.2) is 11.6 Å². The van der Waals surface area contributed by atoms with E-state index in [4.69, 9.17) is 8.22 Å². The molecule has 0 unspecified atom stereocenters. The topological polar surface area (TPSA) is 6.48 Å². The predicted octanol–water partition coefficient (Wildman–Crippen LogP) is 25.1. The maximum Gasteiger partial charge on any atom is 0.155 e. The summed E-state index contributed by atoms with van der Waals surface area (Å²) in [6.07, 6.45) is 0. The number of benzene rings is 16. The van der Waals surface area contributed by atoms with Crippen molar-refractivity contribution in [2.24, 2.45) is 0 Å². The number of nitrogens with zero attached hydrogens (tertiary/aromatic N) is 2. The molecule has 0 fully saturated rings. The second-order valence-corrected chi connectivity index (χ2v) is 22.6. The Labute approximate surface area is 548 Å².